The number of Topliss-reactive ketones (excluding diaryl/α,β-unsaturated/α-hetero) is 1. The topological polar surface area (TPSA) is 17.1 Å². The molecule has 1 saturated carbocycles. The molecule has 124 valence electrons. The van der Waals surface area contributed by atoms with E-state index in [1.54, 1.807) is 0 Å². The largest absolute Gasteiger partial charge is 0.294 e. The third-order valence-electron chi connectivity index (χ3n) is 4.72. The average molecular weight is 335 g/mol. The lowest BCUT2D eigenvalue weighted by Crippen LogP contribution is -2.15. The zero-order valence-corrected chi connectivity index (χ0v) is 16.0. The smallest absolute Gasteiger partial charge is 0.167 e. The van der Waals surface area contributed by atoms with Gasteiger partial charge in [-0.1, -0.05) is 91.6 Å². The molecule has 0 saturated heterocycles. The van der Waals surface area contributed by atoms with Crippen molar-refractivity contribution in [3.8, 4) is 0 Å². The van der Waals surface area contributed by atoms with Crippen molar-refractivity contribution in [1.29, 1.82) is 0 Å². The van der Waals surface area contributed by atoms with Gasteiger partial charge in [-0.2, -0.15) is 0 Å². The standard InChI is InChI=1S/C22H26OSi/c1-16-10-12-17(13-11-16)20-19(14-15-24(2,3)4)21(20)22(23)18-8-6-5-7-9-18/h5-15,19-21H,1-4H3/b15-14+/t19-,20+,21+/m1/s1. The molecular weight excluding hydrogens is 308 g/mol. The molecule has 0 unspecified atom stereocenters. The Morgan fingerprint density at radius 3 is 2.17 bits per heavy atom. The molecule has 3 atom stereocenters. The zero-order chi connectivity index (χ0) is 17.3. The molecule has 1 aliphatic rings. The van der Waals surface area contributed by atoms with Crippen molar-refractivity contribution in [2.24, 2.45) is 11.8 Å². The first-order valence-corrected chi connectivity index (χ1v) is 12.3. The van der Waals surface area contributed by atoms with Crippen LogP contribution in [-0.4, -0.2) is 13.9 Å². The predicted octanol–water partition coefficient (Wildman–Crippen LogP) is 5.64. The van der Waals surface area contributed by atoms with Crippen LogP contribution in [-0.2, 0) is 0 Å². The zero-order valence-electron chi connectivity index (χ0n) is 15.0. The lowest BCUT2D eigenvalue weighted by atomic mass is 10.0. The van der Waals surface area contributed by atoms with Crippen LogP contribution in [0.2, 0.25) is 19.6 Å². The monoisotopic (exact) mass is 334 g/mol. The Morgan fingerprint density at radius 1 is 0.958 bits per heavy atom. The van der Waals surface area contributed by atoms with E-state index in [1.807, 2.05) is 30.3 Å². The molecule has 0 N–H and O–H groups in total. The molecule has 2 heteroatoms. The fourth-order valence-electron chi connectivity index (χ4n) is 3.32. The Bertz CT molecular complexity index is 738. The maximum Gasteiger partial charge on any atom is 0.167 e. The third kappa shape index (κ3) is 3.76. The minimum Gasteiger partial charge on any atom is -0.294 e. The molecular formula is C22H26OSi. The van der Waals surface area contributed by atoms with Crippen LogP contribution in [0, 0.1) is 18.8 Å². The molecule has 0 heterocycles. The van der Waals surface area contributed by atoms with Crippen LogP contribution in [0.4, 0.5) is 0 Å². The summed E-state index contributed by atoms with van der Waals surface area (Å²) in [6.07, 6.45) is 2.32. The van der Waals surface area contributed by atoms with E-state index < -0.39 is 8.07 Å². The number of hydrogen-bond donors (Lipinski definition) is 0. The number of rotatable bonds is 5. The summed E-state index contributed by atoms with van der Waals surface area (Å²) >= 11 is 0. The van der Waals surface area contributed by atoms with Crippen LogP contribution in [0.5, 0.6) is 0 Å². The molecule has 0 bridgehead atoms. The summed E-state index contributed by atoms with van der Waals surface area (Å²) in [7, 11) is -1.25. The van der Waals surface area contributed by atoms with E-state index in [0.717, 1.165) is 5.56 Å². The second-order valence-corrected chi connectivity index (χ2v) is 13.1. The van der Waals surface area contributed by atoms with Crippen molar-refractivity contribution in [2.75, 3.05) is 0 Å². The van der Waals surface area contributed by atoms with Crippen LogP contribution < -0.4 is 0 Å². The van der Waals surface area contributed by atoms with E-state index in [0.29, 0.717) is 11.8 Å². The Kier molecular flexibility index (Phi) is 4.59. The molecule has 0 radical (unpaired) electrons. The van der Waals surface area contributed by atoms with Crippen molar-refractivity contribution >= 4 is 13.9 Å². The molecule has 0 aliphatic heterocycles. The normalized spacial score (nSPS) is 23.4. The Morgan fingerprint density at radius 2 is 1.58 bits per heavy atom. The highest BCUT2D eigenvalue weighted by molar-refractivity contribution is 6.80. The number of benzene rings is 2. The molecule has 1 aliphatic carbocycles. The first-order chi connectivity index (χ1) is 11.4. The summed E-state index contributed by atoms with van der Waals surface area (Å²) in [4.78, 5) is 13.0. The van der Waals surface area contributed by atoms with Crippen molar-refractivity contribution in [2.45, 2.75) is 32.5 Å². The van der Waals surface area contributed by atoms with E-state index >= 15 is 0 Å². The highest BCUT2D eigenvalue weighted by atomic mass is 28.3. The van der Waals surface area contributed by atoms with Gasteiger partial charge < -0.3 is 0 Å². The van der Waals surface area contributed by atoms with Gasteiger partial charge in [-0.25, -0.2) is 0 Å². The quantitative estimate of drug-likeness (QED) is 0.511. The maximum atomic E-state index is 13.0. The van der Waals surface area contributed by atoms with E-state index in [1.165, 1.54) is 11.1 Å². The third-order valence-corrected chi connectivity index (χ3v) is 5.91. The number of allylic oxidation sites excluding steroid dienone is 1. The van der Waals surface area contributed by atoms with E-state index in [9.17, 15) is 4.79 Å². The highest BCUT2D eigenvalue weighted by Gasteiger charge is 2.53. The lowest BCUT2D eigenvalue weighted by Gasteiger charge is -2.07. The van der Waals surface area contributed by atoms with Crippen LogP contribution in [0.1, 0.15) is 27.4 Å². The summed E-state index contributed by atoms with van der Waals surface area (Å²) in [5.41, 5.74) is 5.78. The molecule has 2 aromatic rings. The lowest BCUT2D eigenvalue weighted by molar-refractivity contribution is 0.0961. The summed E-state index contributed by atoms with van der Waals surface area (Å²) in [6.45, 7) is 9.11. The second kappa shape index (κ2) is 6.52. The highest BCUT2D eigenvalue weighted by Crippen LogP contribution is 2.56. The molecule has 3 rings (SSSR count). The number of hydrogen-bond acceptors (Lipinski definition) is 1. The Labute approximate surface area is 146 Å². The van der Waals surface area contributed by atoms with Gasteiger partial charge in [0.15, 0.2) is 5.78 Å². The molecule has 2 aromatic carbocycles. The SMILES string of the molecule is Cc1ccc([C@H]2[C@@H](/C=C/[Si](C)(C)C)[C@@H]2C(=O)c2ccccc2)cc1. The number of aryl methyl sites for hydroxylation is 1. The van der Waals surface area contributed by atoms with Gasteiger partial charge in [-0.15, -0.1) is 0 Å². The first-order valence-electron chi connectivity index (χ1n) is 8.72. The van der Waals surface area contributed by atoms with Gasteiger partial charge in [0.2, 0.25) is 0 Å². The first kappa shape index (κ1) is 16.9. The van der Waals surface area contributed by atoms with Crippen molar-refractivity contribution < 1.29 is 4.79 Å². The minimum atomic E-state index is -1.25. The molecule has 0 aromatic heterocycles. The molecule has 1 nitrogen and oxygen atoms in total. The molecule has 1 fully saturated rings. The number of ketones is 1. The van der Waals surface area contributed by atoms with E-state index in [2.05, 4.69) is 62.6 Å². The van der Waals surface area contributed by atoms with Gasteiger partial charge in [0.1, 0.15) is 0 Å². The van der Waals surface area contributed by atoms with Gasteiger partial charge in [0, 0.05) is 17.4 Å². The fourth-order valence-corrected chi connectivity index (χ4v) is 4.12. The van der Waals surface area contributed by atoms with Crippen LogP contribution in [0.15, 0.2) is 66.4 Å². The van der Waals surface area contributed by atoms with Crippen molar-refractivity contribution in [1.82, 2.24) is 0 Å². The van der Waals surface area contributed by atoms with Crippen molar-refractivity contribution in [3.05, 3.63) is 83.1 Å². The number of carbonyl (C=O) groups is 1. The van der Waals surface area contributed by atoms with Crippen LogP contribution >= 0.6 is 0 Å². The summed E-state index contributed by atoms with van der Waals surface area (Å²) < 4.78 is 0. The van der Waals surface area contributed by atoms with Crippen molar-refractivity contribution in [3.63, 3.8) is 0 Å². The van der Waals surface area contributed by atoms with E-state index in [4.69, 9.17) is 0 Å². The second-order valence-electron chi connectivity index (χ2n) is 8.00. The molecule has 0 amide bonds. The van der Waals surface area contributed by atoms with Gasteiger partial charge in [-0.3, -0.25) is 4.79 Å². The summed E-state index contributed by atoms with van der Waals surface area (Å²) in [5, 5.41) is 0. The van der Waals surface area contributed by atoms with Gasteiger partial charge in [0.25, 0.3) is 0 Å². The minimum absolute atomic E-state index is 0.0858. The Balaban J connectivity index is 1.88. The fraction of sp³-hybridized carbons (Fsp3) is 0.318. The average Bonchev–Trinajstić information content (AvgIpc) is 3.27. The summed E-state index contributed by atoms with van der Waals surface area (Å²) in [5.74, 6) is 1.03. The Hall–Kier alpha value is -1.93. The van der Waals surface area contributed by atoms with Crippen LogP contribution in [0.25, 0.3) is 0 Å². The van der Waals surface area contributed by atoms with Gasteiger partial charge in [-0.05, 0) is 18.4 Å². The van der Waals surface area contributed by atoms with E-state index in [-0.39, 0.29) is 11.7 Å². The summed E-state index contributed by atoms with van der Waals surface area (Å²) in [6, 6.07) is 18.4. The van der Waals surface area contributed by atoms with Gasteiger partial charge >= 0.3 is 0 Å². The van der Waals surface area contributed by atoms with Crippen LogP contribution in [0.3, 0.4) is 0 Å². The maximum absolute atomic E-state index is 13.0. The predicted molar refractivity (Wildman–Crippen MR) is 104 cm³/mol. The molecule has 0 spiro atoms. The van der Waals surface area contributed by atoms with Gasteiger partial charge in [0.05, 0.1) is 8.07 Å². The number of carbonyl (C=O) groups excluding carboxylic acids is 1. The molecule has 24 heavy (non-hydrogen) atoms.